The lowest BCUT2D eigenvalue weighted by Gasteiger charge is -2.24. The van der Waals surface area contributed by atoms with Crippen LogP contribution in [-0.4, -0.2) is 26.7 Å². The number of nitrogens with zero attached hydrogens (tertiary/aromatic N) is 1. The molecule has 23 heavy (non-hydrogen) atoms. The maximum atomic E-state index is 13.9. The predicted octanol–water partition coefficient (Wildman–Crippen LogP) is 2.43. The Balaban J connectivity index is 2.62. The highest BCUT2D eigenvalue weighted by Crippen LogP contribution is 2.28. The van der Waals surface area contributed by atoms with Gasteiger partial charge in [0.2, 0.25) is 0 Å². The fourth-order valence-corrected chi connectivity index (χ4v) is 3.49. The van der Waals surface area contributed by atoms with Gasteiger partial charge in [0.1, 0.15) is 16.5 Å². The molecular formula is C14H11F4NO3S. The Hall–Kier alpha value is -2.13. The highest BCUT2D eigenvalue weighted by Gasteiger charge is 2.30. The largest absolute Gasteiger partial charge is 0.394 e. The molecule has 0 unspecified atom stereocenters. The fraction of sp³-hybridized carbons (Fsp3) is 0.143. The molecule has 124 valence electrons. The third-order valence-electron chi connectivity index (χ3n) is 2.97. The van der Waals surface area contributed by atoms with Gasteiger partial charge in [0.25, 0.3) is 10.0 Å². The van der Waals surface area contributed by atoms with Crippen molar-refractivity contribution in [1.82, 2.24) is 0 Å². The van der Waals surface area contributed by atoms with Gasteiger partial charge >= 0.3 is 0 Å². The van der Waals surface area contributed by atoms with Crippen LogP contribution in [-0.2, 0) is 10.0 Å². The van der Waals surface area contributed by atoms with Crippen molar-refractivity contribution in [1.29, 1.82) is 0 Å². The molecule has 0 saturated carbocycles. The van der Waals surface area contributed by atoms with E-state index in [0.717, 1.165) is 30.3 Å². The number of anilines is 1. The Labute approximate surface area is 129 Å². The van der Waals surface area contributed by atoms with Gasteiger partial charge in [-0.05, 0) is 24.3 Å². The third-order valence-corrected chi connectivity index (χ3v) is 4.80. The summed E-state index contributed by atoms with van der Waals surface area (Å²) < 4.78 is 79.2. The lowest BCUT2D eigenvalue weighted by Crippen LogP contribution is -2.35. The molecule has 2 aromatic carbocycles. The first-order valence-electron chi connectivity index (χ1n) is 6.31. The molecule has 0 heterocycles. The topological polar surface area (TPSA) is 57.6 Å². The van der Waals surface area contributed by atoms with E-state index in [1.54, 1.807) is 0 Å². The lowest BCUT2D eigenvalue weighted by atomic mass is 10.3. The summed E-state index contributed by atoms with van der Waals surface area (Å²) in [5.41, 5.74) is -0.593. The summed E-state index contributed by atoms with van der Waals surface area (Å²) >= 11 is 0. The van der Waals surface area contributed by atoms with Crippen molar-refractivity contribution in [2.24, 2.45) is 0 Å². The molecule has 0 aliphatic rings. The number of benzene rings is 2. The summed E-state index contributed by atoms with van der Waals surface area (Å²) in [6.45, 7) is -1.34. The highest BCUT2D eigenvalue weighted by atomic mass is 32.2. The van der Waals surface area contributed by atoms with Gasteiger partial charge in [0, 0.05) is 6.07 Å². The van der Waals surface area contributed by atoms with Gasteiger partial charge in [-0.25, -0.2) is 26.0 Å². The van der Waals surface area contributed by atoms with Crippen molar-refractivity contribution in [2.45, 2.75) is 4.90 Å². The van der Waals surface area contributed by atoms with E-state index >= 15 is 0 Å². The fourth-order valence-electron chi connectivity index (χ4n) is 1.95. The lowest BCUT2D eigenvalue weighted by molar-refractivity contribution is 0.306. The van der Waals surface area contributed by atoms with Crippen LogP contribution in [0, 0.1) is 23.3 Å². The molecule has 2 aromatic rings. The molecule has 0 fully saturated rings. The van der Waals surface area contributed by atoms with Crippen molar-refractivity contribution >= 4 is 15.7 Å². The Morgan fingerprint density at radius 3 is 2.30 bits per heavy atom. The molecule has 0 saturated heterocycles. The van der Waals surface area contributed by atoms with Gasteiger partial charge in [0.15, 0.2) is 11.6 Å². The first-order valence-corrected chi connectivity index (χ1v) is 7.75. The summed E-state index contributed by atoms with van der Waals surface area (Å²) in [4.78, 5) is -1.02. The van der Waals surface area contributed by atoms with E-state index < -0.39 is 57.0 Å². The second-order valence-electron chi connectivity index (χ2n) is 4.45. The van der Waals surface area contributed by atoms with Crippen molar-refractivity contribution in [3.8, 4) is 0 Å². The van der Waals surface area contributed by atoms with Crippen LogP contribution >= 0.6 is 0 Å². The highest BCUT2D eigenvalue weighted by molar-refractivity contribution is 7.92. The van der Waals surface area contributed by atoms with Crippen molar-refractivity contribution < 1.29 is 31.1 Å². The number of sulfonamides is 1. The number of rotatable bonds is 5. The van der Waals surface area contributed by atoms with E-state index in [1.807, 2.05) is 0 Å². The smallest absolute Gasteiger partial charge is 0.267 e. The minimum absolute atomic E-state index is 0.347. The van der Waals surface area contributed by atoms with E-state index in [2.05, 4.69) is 0 Å². The zero-order valence-corrected chi connectivity index (χ0v) is 12.3. The zero-order chi connectivity index (χ0) is 17.2. The summed E-state index contributed by atoms with van der Waals surface area (Å²) in [7, 11) is -4.71. The van der Waals surface area contributed by atoms with Gasteiger partial charge in [-0.3, -0.25) is 4.31 Å². The van der Waals surface area contributed by atoms with Crippen LogP contribution in [0.2, 0.25) is 0 Å². The minimum atomic E-state index is -4.71. The van der Waals surface area contributed by atoms with Gasteiger partial charge in [-0.15, -0.1) is 0 Å². The molecule has 0 aliphatic carbocycles. The summed E-state index contributed by atoms with van der Waals surface area (Å²) in [6.07, 6.45) is 0. The van der Waals surface area contributed by atoms with Crippen LogP contribution in [0.5, 0.6) is 0 Å². The van der Waals surface area contributed by atoms with Gasteiger partial charge in [-0.2, -0.15) is 0 Å². The molecule has 0 radical (unpaired) electrons. The van der Waals surface area contributed by atoms with Crippen molar-refractivity contribution in [2.75, 3.05) is 17.5 Å². The average Bonchev–Trinajstić information content (AvgIpc) is 2.48. The Morgan fingerprint density at radius 1 is 1.00 bits per heavy atom. The Morgan fingerprint density at radius 2 is 1.70 bits per heavy atom. The number of hydrogen-bond donors (Lipinski definition) is 1. The van der Waals surface area contributed by atoms with Gasteiger partial charge < -0.3 is 5.11 Å². The normalized spacial score (nSPS) is 11.5. The second-order valence-corrected chi connectivity index (χ2v) is 6.28. The number of aliphatic hydroxyl groups excluding tert-OH is 1. The monoisotopic (exact) mass is 349 g/mol. The van der Waals surface area contributed by atoms with Crippen LogP contribution < -0.4 is 4.31 Å². The molecule has 9 heteroatoms. The van der Waals surface area contributed by atoms with Crippen LogP contribution in [0.1, 0.15) is 0 Å². The maximum Gasteiger partial charge on any atom is 0.267 e. The number of aliphatic hydroxyl groups is 1. The summed E-state index contributed by atoms with van der Waals surface area (Å²) in [5, 5.41) is 9.01. The summed E-state index contributed by atoms with van der Waals surface area (Å²) in [5.74, 6) is -5.18. The molecule has 0 aromatic heterocycles. The molecule has 1 N–H and O–H groups in total. The zero-order valence-electron chi connectivity index (χ0n) is 11.5. The summed E-state index contributed by atoms with van der Waals surface area (Å²) in [6, 6.07) is 4.58. The molecule has 0 aliphatic heterocycles. The second kappa shape index (κ2) is 6.55. The number of halogens is 4. The van der Waals surface area contributed by atoms with Gasteiger partial charge in [-0.1, -0.05) is 6.07 Å². The molecule has 2 rings (SSSR count). The molecule has 0 atom stereocenters. The first-order chi connectivity index (χ1) is 10.8. The quantitative estimate of drug-likeness (QED) is 0.844. The van der Waals surface area contributed by atoms with E-state index in [9.17, 15) is 26.0 Å². The SMILES string of the molecule is O=S(=O)(c1cccc(F)c1F)N(CCO)c1ccc(F)cc1F. The predicted molar refractivity (Wildman–Crippen MR) is 74.3 cm³/mol. The van der Waals surface area contributed by atoms with E-state index in [-0.39, 0.29) is 0 Å². The van der Waals surface area contributed by atoms with Crippen LogP contribution in [0.15, 0.2) is 41.3 Å². The average molecular weight is 349 g/mol. The first kappa shape index (κ1) is 17.2. The van der Waals surface area contributed by atoms with Gasteiger partial charge in [0.05, 0.1) is 18.8 Å². The van der Waals surface area contributed by atoms with Crippen LogP contribution in [0.4, 0.5) is 23.2 Å². The van der Waals surface area contributed by atoms with E-state index in [1.165, 1.54) is 0 Å². The van der Waals surface area contributed by atoms with Crippen molar-refractivity contribution in [3.63, 3.8) is 0 Å². The van der Waals surface area contributed by atoms with Crippen LogP contribution in [0.3, 0.4) is 0 Å². The van der Waals surface area contributed by atoms with E-state index in [4.69, 9.17) is 5.11 Å². The minimum Gasteiger partial charge on any atom is -0.394 e. The number of hydrogen-bond acceptors (Lipinski definition) is 3. The molecule has 4 nitrogen and oxygen atoms in total. The van der Waals surface area contributed by atoms with E-state index in [0.29, 0.717) is 10.4 Å². The molecular weight excluding hydrogens is 338 g/mol. The standard InChI is InChI=1S/C14H11F4NO3S/c15-9-4-5-12(11(17)8-9)19(6-7-20)23(21,22)13-3-1-2-10(16)14(13)18/h1-5,8,20H,6-7H2. The third kappa shape index (κ3) is 3.30. The molecule has 0 amide bonds. The Bertz CT molecular complexity index is 827. The Kier molecular flexibility index (Phi) is 4.90. The molecule has 0 spiro atoms. The maximum absolute atomic E-state index is 13.9. The van der Waals surface area contributed by atoms with Crippen molar-refractivity contribution in [3.05, 3.63) is 59.7 Å². The molecule has 0 bridgehead atoms. The van der Waals surface area contributed by atoms with Crippen LogP contribution in [0.25, 0.3) is 0 Å².